The second-order valence-electron chi connectivity index (χ2n) is 6.66. The molecule has 0 aliphatic heterocycles. The lowest BCUT2D eigenvalue weighted by Gasteiger charge is -2.19. The molecule has 0 aromatic carbocycles. The highest BCUT2D eigenvalue weighted by Gasteiger charge is 2.20. The lowest BCUT2D eigenvalue weighted by Crippen LogP contribution is -2.27. The summed E-state index contributed by atoms with van der Waals surface area (Å²) in [6.45, 7) is 5.81. The van der Waals surface area contributed by atoms with E-state index >= 15 is 0 Å². The molecule has 2 rings (SSSR count). The Morgan fingerprint density at radius 2 is 2.08 bits per heavy atom. The van der Waals surface area contributed by atoms with Crippen LogP contribution in [-0.2, 0) is 18.2 Å². The zero-order valence-corrected chi connectivity index (χ0v) is 14.9. The first-order valence-corrected chi connectivity index (χ1v) is 8.00. The minimum absolute atomic E-state index is 0.0845. The first kappa shape index (κ1) is 18.5. The van der Waals surface area contributed by atoms with Gasteiger partial charge in [-0.05, 0) is 33.6 Å². The van der Waals surface area contributed by atoms with Crippen LogP contribution in [0.25, 0.3) is 0 Å². The number of carbonyl (C=O) groups excluding carboxylic acids is 2. The van der Waals surface area contributed by atoms with Crippen LogP contribution < -0.4 is 11.1 Å². The van der Waals surface area contributed by atoms with Gasteiger partial charge in [-0.1, -0.05) is 0 Å². The minimum atomic E-state index is -0.608. The van der Waals surface area contributed by atoms with Crippen molar-refractivity contribution < 1.29 is 14.3 Å². The van der Waals surface area contributed by atoms with Crippen molar-refractivity contribution >= 4 is 17.9 Å². The van der Waals surface area contributed by atoms with Crippen LogP contribution in [0.2, 0.25) is 0 Å². The van der Waals surface area contributed by atoms with Gasteiger partial charge < -0.3 is 20.4 Å². The fourth-order valence-electron chi connectivity index (χ4n) is 2.16. The molecule has 0 atom stereocenters. The zero-order chi connectivity index (χ0) is 18.6. The summed E-state index contributed by atoms with van der Waals surface area (Å²) >= 11 is 0. The van der Waals surface area contributed by atoms with E-state index in [1.54, 1.807) is 51.0 Å². The summed E-state index contributed by atoms with van der Waals surface area (Å²) in [5.74, 6) is 0.214. The van der Waals surface area contributed by atoms with Gasteiger partial charge in [-0.3, -0.25) is 4.79 Å². The van der Waals surface area contributed by atoms with Crippen LogP contribution in [0.1, 0.15) is 43.5 Å². The normalized spacial score (nSPS) is 11.4. The lowest BCUT2D eigenvalue weighted by molar-refractivity contribution is 0.0540. The molecule has 0 bridgehead atoms. The number of aryl methyl sites for hydroxylation is 2. The maximum Gasteiger partial charge on any atom is 0.421 e. The monoisotopic (exact) mass is 348 g/mol. The molecule has 9 heteroatoms. The van der Waals surface area contributed by atoms with Crippen LogP contribution in [0.4, 0.5) is 10.7 Å². The summed E-state index contributed by atoms with van der Waals surface area (Å²) in [4.78, 5) is 32.1. The van der Waals surface area contributed by atoms with Gasteiger partial charge >= 0.3 is 6.09 Å². The van der Waals surface area contributed by atoms with Gasteiger partial charge in [-0.25, -0.2) is 19.3 Å². The van der Waals surface area contributed by atoms with Crippen LogP contribution in [-0.4, -0.2) is 43.2 Å². The molecular weight excluding hydrogens is 324 g/mol. The third-order valence-electron chi connectivity index (χ3n) is 3.29. The van der Waals surface area contributed by atoms with E-state index < -0.39 is 11.7 Å². The number of rotatable bonds is 5. The Labute approximate surface area is 146 Å². The zero-order valence-electron chi connectivity index (χ0n) is 14.9. The van der Waals surface area contributed by atoms with E-state index in [0.29, 0.717) is 30.9 Å². The molecule has 3 N–H and O–H groups in total. The van der Waals surface area contributed by atoms with E-state index in [-0.39, 0.29) is 11.9 Å². The molecule has 0 saturated heterocycles. The smallest absolute Gasteiger partial charge is 0.421 e. The van der Waals surface area contributed by atoms with Gasteiger partial charge in [0.25, 0.3) is 5.91 Å². The number of ether oxygens (including phenoxy) is 1. The SMILES string of the molecule is Cn1ccnc1C(=O)NCCCc1cn(C(=O)OC(C)(C)C)c(N)n1. The van der Waals surface area contributed by atoms with Crippen molar-refractivity contribution in [1.82, 2.24) is 24.4 Å². The average molecular weight is 348 g/mol. The topological polar surface area (TPSA) is 117 Å². The minimum Gasteiger partial charge on any atom is -0.443 e. The third-order valence-corrected chi connectivity index (χ3v) is 3.29. The van der Waals surface area contributed by atoms with Crippen LogP contribution in [0.15, 0.2) is 18.6 Å². The molecule has 2 aromatic rings. The molecule has 1 amide bonds. The van der Waals surface area contributed by atoms with Gasteiger partial charge in [0.15, 0.2) is 5.82 Å². The van der Waals surface area contributed by atoms with E-state index in [0.717, 1.165) is 0 Å². The maximum atomic E-state index is 12.0. The summed E-state index contributed by atoms with van der Waals surface area (Å²) in [5, 5.41) is 2.79. The summed E-state index contributed by atoms with van der Waals surface area (Å²) in [7, 11) is 1.76. The summed E-state index contributed by atoms with van der Waals surface area (Å²) in [6, 6.07) is 0. The largest absolute Gasteiger partial charge is 0.443 e. The molecule has 0 fully saturated rings. The number of carbonyl (C=O) groups is 2. The number of nitrogen functional groups attached to an aromatic ring is 1. The van der Waals surface area contributed by atoms with Crippen molar-refractivity contribution in [3.05, 3.63) is 30.1 Å². The average Bonchev–Trinajstić information content (AvgIpc) is 3.07. The van der Waals surface area contributed by atoms with E-state index in [2.05, 4.69) is 15.3 Å². The molecule has 0 radical (unpaired) electrons. The van der Waals surface area contributed by atoms with E-state index in [9.17, 15) is 9.59 Å². The van der Waals surface area contributed by atoms with Gasteiger partial charge in [0.1, 0.15) is 5.60 Å². The van der Waals surface area contributed by atoms with Crippen LogP contribution in [0.3, 0.4) is 0 Å². The fourth-order valence-corrected chi connectivity index (χ4v) is 2.16. The Bertz CT molecular complexity index is 756. The third kappa shape index (κ3) is 5.07. The Morgan fingerprint density at radius 3 is 2.68 bits per heavy atom. The number of imidazole rings is 2. The van der Waals surface area contributed by atoms with Crippen LogP contribution >= 0.6 is 0 Å². The molecular formula is C16H24N6O3. The quantitative estimate of drug-likeness (QED) is 0.788. The lowest BCUT2D eigenvalue weighted by atomic mass is 10.2. The number of nitrogens with two attached hydrogens (primary N) is 1. The van der Waals surface area contributed by atoms with Crippen LogP contribution in [0, 0.1) is 0 Å². The Hall–Kier alpha value is -2.84. The first-order chi connectivity index (χ1) is 11.7. The van der Waals surface area contributed by atoms with Crippen molar-refractivity contribution in [1.29, 1.82) is 0 Å². The predicted octanol–water partition coefficient (Wildman–Crippen LogP) is 1.34. The predicted molar refractivity (Wildman–Crippen MR) is 92.1 cm³/mol. The van der Waals surface area contributed by atoms with Gasteiger partial charge in [0.05, 0.1) is 5.69 Å². The van der Waals surface area contributed by atoms with Gasteiger partial charge in [0, 0.05) is 32.2 Å². The second kappa shape index (κ2) is 7.37. The van der Waals surface area contributed by atoms with Gasteiger partial charge in [-0.2, -0.15) is 0 Å². The summed E-state index contributed by atoms with van der Waals surface area (Å²) < 4.78 is 8.10. The summed E-state index contributed by atoms with van der Waals surface area (Å²) in [5.41, 5.74) is 5.82. The second-order valence-corrected chi connectivity index (χ2v) is 6.66. The fraction of sp³-hybridized carbons (Fsp3) is 0.500. The molecule has 9 nitrogen and oxygen atoms in total. The first-order valence-electron chi connectivity index (χ1n) is 8.00. The number of aromatic nitrogens is 4. The number of nitrogens with one attached hydrogen (secondary N) is 1. The highest BCUT2D eigenvalue weighted by atomic mass is 16.6. The maximum absolute atomic E-state index is 12.0. The standard InChI is InChI=1S/C16H24N6O3/c1-16(2,3)25-15(24)22-10-11(20-14(22)17)6-5-7-19-13(23)12-18-8-9-21(12)4/h8-10H,5-7H2,1-4H3,(H2,17,20)(H,19,23). The number of anilines is 1. The van der Waals surface area contributed by atoms with Crippen molar-refractivity contribution in [2.24, 2.45) is 7.05 Å². The molecule has 0 aliphatic carbocycles. The van der Waals surface area contributed by atoms with Crippen LogP contribution in [0.5, 0.6) is 0 Å². The van der Waals surface area contributed by atoms with Gasteiger partial charge in [-0.15, -0.1) is 0 Å². The number of hydrogen-bond acceptors (Lipinski definition) is 6. The van der Waals surface area contributed by atoms with Crippen molar-refractivity contribution in [3.63, 3.8) is 0 Å². The van der Waals surface area contributed by atoms with Gasteiger partial charge in [0.2, 0.25) is 5.95 Å². The molecule has 25 heavy (non-hydrogen) atoms. The highest BCUT2D eigenvalue weighted by molar-refractivity contribution is 5.90. The highest BCUT2D eigenvalue weighted by Crippen LogP contribution is 2.13. The molecule has 0 spiro atoms. The van der Waals surface area contributed by atoms with Crippen molar-refractivity contribution in [2.45, 2.75) is 39.2 Å². The number of amides is 1. The van der Waals surface area contributed by atoms with Crippen molar-refractivity contribution in [3.8, 4) is 0 Å². The van der Waals surface area contributed by atoms with E-state index in [1.165, 1.54) is 4.57 Å². The Morgan fingerprint density at radius 1 is 1.36 bits per heavy atom. The van der Waals surface area contributed by atoms with E-state index in [1.807, 2.05) is 0 Å². The van der Waals surface area contributed by atoms with Crippen molar-refractivity contribution in [2.75, 3.05) is 12.3 Å². The molecule has 2 heterocycles. The molecule has 0 saturated carbocycles. The number of hydrogen-bond donors (Lipinski definition) is 2. The summed E-state index contributed by atoms with van der Waals surface area (Å²) in [6.07, 6.45) is 5.50. The molecule has 2 aromatic heterocycles. The Kier molecular flexibility index (Phi) is 5.45. The molecule has 0 aliphatic rings. The number of nitrogens with zero attached hydrogens (tertiary/aromatic N) is 4. The van der Waals surface area contributed by atoms with E-state index in [4.69, 9.17) is 10.5 Å². The molecule has 0 unspecified atom stereocenters. The Balaban J connectivity index is 1.84. The molecule has 136 valence electrons.